The van der Waals surface area contributed by atoms with Crippen molar-refractivity contribution in [2.45, 2.75) is 45.3 Å². The molecular formula is C11H19NO6. The van der Waals surface area contributed by atoms with Gasteiger partial charge in [0.1, 0.15) is 0 Å². The molecule has 104 valence electrons. The Morgan fingerprint density at radius 2 is 1.94 bits per heavy atom. The molecular weight excluding hydrogens is 242 g/mol. The van der Waals surface area contributed by atoms with E-state index in [2.05, 4.69) is 4.74 Å². The van der Waals surface area contributed by atoms with Crippen LogP contribution in [0, 0.1) is 0 Å². The lowest BCUT2D eigenvalue weighted by atomic mass is 10.1. The van der Waals surface area contributed by atoms with Gasteiger partial charge in [-0.2, -0.15) is 0 Å². The van der Waals surface area contributed by atoms with Crippen LogP contribution in [-0.2, 0) is 24.0 Å². The smallest absolute Gasteiger partial charge is 0.329 e. The third-order valence-corrected chi connectivity index (χ3v) is 1.92. The van der Waals surface area contributed by atoms with Gasteiger partial charge in [0.25, 0.3) is 0 Å². The van der Waals surface area contributed by atoms with Gasteiger partial charge in [-0.3, -0.25) is 14.4 Å². The SMILES string of the molecule is COC(=O)CC[C@@H](C(=O)O)N(C=O)OC(C)(C)C. The molecule has 0 aromatic rings. The second kappa shape index (κ2) is 6.95. The Labute approximate surface area is 106 Å². The van der Waals surface area contributed by atoms with E-state index in [1.165, 1.54) is 7.11 Å². The summed E-state index contributed by atoms with van der Waals surface area (Å²) in [7, 11) is 1.21. The van der Waals surface area contributed by atoms with E-state index < -0.39 is 23.6 Å². The molecule has 0 unspecified atom stereocenters. The van der Waals surface area contributed by atoms with Crippen molar-refractivity contribution in [1.82, 2.24) is 5.06 Å². The number of carbonyl (C=O) groups excluding carboxylic acids is 2. The molecule has 1 atom stereocenters. The lowest BCUT2D eigenvalue weighted by molar-refractivity contribution is -0.235. The molecule has 0 aliphatic heterocycles. The minimum Gasteiger partial charge on any atom is -0.480 e. The Balaban J connectivity index is 4.69. The first-order valence-corrected chi connectivity index (χ1v) is 5.43. The van der Waals surface area contributed by atoms with Crippen LogP contribution in [0.3, 0.4) is 0 Å². The van der Waals surface area contributed by atoms with Crippen molar-refractivity contribution in [2.24, 2.45) is 0 Å². The Morgan fingerprint density at radius 3 is 2.28 bits per heavy atom. The van der Waals surface area contributed by atoms with Gasteiger partial charge in [-0.25, -0.2) is 9.86 Å². The van der Waals surface area contributed by atoms with E-state index in [0.29, 0.717) is 11.5 Å². The fraction of sp³-hybridized carbons (Fsp3) is 0.727. The number of rotatable bonds is 7. The van der Waals surface area contributed by atoms with E-state index in [-0.39, 0.29) is 12.8 Å². The number of hydrogen-bond donors (Lipinski definition) is 1. The standard InChI is InChI=1S/C11H19NO6/c1-11(2,3)18-12(7-13)8(10(15)16)5-6-9(14)17-4/h7-8H,5-6H2,1-4H3,(H,15,16)/t8-/m0/s1. The van der Waals surface area contributed by atoms with E-state index >= 15 is 0 Å². The molecule has 0 saturated carbocycles. The summed E-state index contributed by atoms with van der Waals surface area (Å²) in [6.07, 6.45) is 0.115. The molecule has 7 nitrogen and oxygen atoms in total. The maximum atomic E-state index is 11.1. The van der Waals surface area contributed by atoms with Crippen LogP contribution in [-0.4, -0.2) is 47.3 Å². The minimum absolute atomic E-state index is 0.0726. The number of amides is 1. The molecule has 0 bridgehead atoms. The Hall–Kier alpha value is -1.63. The molecule has 0 aromatic heterocycles. The first-order valence-electron chi connectivity index (χ1n) is 5.43. The van der Waals surface area contributed by atoms with Crippen molar-refractivity contribution >= 4 is 18.3 Å². The van der Waals surface area contributed by atoms with Crippen molar-refractivity contribution in [3.63, 3.8) is 0 Å². The maximum absolute atomic E-state index is 11.1. The molecule has 0 heterocycles. The van der Waals surface area contributed by atoms with Gasteiger partial charge in [0.05, 0.1) is 12.7 Å². The largest absolute Gasteiger partial charge is 0.480 e. The molecule has 0 radical (unpaired) electrons. The van der Waals surface area contributed by atoms with Crippen LogP contribution in [0.25, 0.3) is 0 Å². The summed E-state index contributed by atoms with van der Waals surface area (Å²) in [5.74, 6) is -1.78. The van der Waals surface area contributed by atoms with Crippen molar-refractivity contribution in [3.8, 4) is 0 Å². The third kappa shape index (κ3) is 6.19. The summed E-state index contributed by atoms with van der Waals surface area (Å²) < 4.78 is 4.42. The number of hydrogen-bond acceptors (Lipinski definition) is 5. The zero-order chi connectivity index (χ0) is 14.3. The molecule has 0 saturated heterocycles. The molecule has 0 fully saturated rings. The summed E-state index contributed by atoms with van der Waals surface area (Å²) in [4.78, 5) is 38.1. The number of nitrogens with zero attached hydrogens (tertiary/aromatic N) is 1. The average Bonchev–Trinajstić information content (AvgIpc) is 2.25. The number of aliphatic carboxylic acids is 1. The topological polar surface area (TPSA) is 93.1 Å². The predicted molar refractivity (Wildman–Crippen MR) is 61.4 cm³/mol. The average molecular weight is 261 g/mol. The summed E-state index contributed by atoms with van der Waals surface area (Å²) in [5.41, 5.74) is -0.708. The molecule has 0 rings (SSSR count). The van der Waals surface area contributed by atoms with Crippen molar-refractivity contribution < 1.29 is 29.1 Å². The number of methoxy groups -OCH3 is 1. The van der Waals surface area contributed by atoms with E-state index in [9.17, 15) is 14.4 Å². The molecule has 0 spiro atoms. The summed E-state index contributed by atoms with van der Waals surface area (Å²) in [5, 5.41) is 9.74. The second-order valence-corrected chi connectivity index (χ2v) is 4.64. The summed E-state index contributed by atoms with van der Waals surface area (Å²) in [6.45, 7) is 5.05. The second-order valence-electron chi connectivity index (χ2n) is 4.64. The highest BCUT2D eigenvalue weighted by Crippen LogP contribution is 2.15. The molecule has 18 heavy (non-hydrogen) atoms. The van der Waals surface area contributed by atoms with Gasteiger partial charge in [0.15, 0.2) is 6.04 Å². The normalized spacial score (nSPS) is 12.7. The van der Waals surface area contributed by atoms with Gasteiger partial charge in [-0.05, 0) is 27.2 Å². The molecule has 0 aromatic carbocycles. The van der Waals surface area contributed by atoms with Crippen LogP contribution in [0.5, 0.6) is 0 Å². The lowest BCUT2D eigenvalue weighted by Gasteiger charge is -2.30. The number of esters is 1. The maximum Gasteiger partial charge on any atom is 0.329 e. The van der Waals surface area contributed by atoms with Gasteiger partial charge in [-0.15, -0.1) is 0 Å². The summed E-state index contributed by atoms with van der Waals surface area (Å²) >= 11 is 0. The van der Waals surface area contributed by atoms with Gasteiger partial charge >= 0.3 is 11.9 Å². The molecule has 0 aliphatic carbocycles. The van der Waals surface area contributed by atoms with E-state index in [1.54, 1.807) is 20.8 Å². The Bertz CT molecular complexity index is 309. The molecule has 1 amide bonds. The van der Waals surface area contributed by atoms with Crippen molar-refractivity contribution in [2.75, 3.05) is 7.11 Å². The van der Waals surface area contributed by atoms with Crippen LogP contribution in [0.1, 0.15) is 33.6 Å². The third-order valence-electron chi connectivity index (χ3n) is 1.92. The zero-order valence-electron chi connectivity index (χ0n) is 11.0. The zero-order valence-corrected chi connectivity index (χ0v) is 11.0. The molecule has 0 aliphatic rings. The fourth-order valence-electron chi connectivity index (χ4n) is 1.19. The van der Waals surface area contributed by atoms with Crippen LogP contribution >= 0.6 is 0 Å². The van der Waals surface area contributed by atoms with Crippen LogP contribution < -0.4 is 0 Å². The van der Waals surface area contributed by atoms with Gasteiger partial charge in [-0.1, -0.05) is 0 Å². The van der Waals surface area contributed by atoms with Crippen molar-refractivity contribution in [3.05, 3.63) is 0 Å². The van der Waals surface area contributed by atoms with Crippen molar-refractivity contribution in [1.29, 1.82) is 0 Å². The first-order chi connectivity index (χ1) is 8.21. The van der Waals surface area contributed by atoms with Crippen LogP contribution in [0.4, 0.5) is 0 Å². The van der Waals surface area contributed by atoms with E-state index in [1.807, 2.05) is 0 Å². The van der Waals surface area contributed by atoms with Gasteiger partial charge in [0, 0.05) is 6.42 Å². The number of hydroxylamine groups is 2. The van der Waals surface area contributed by atoms with Gasteiger partial charge in [0.2, 0.25) is 6.41 Å². The monoisotopic (exact) mass is 261 g/mol. The van der Waals surface area contributed by atoms with Crippen LogP contribution in [0.15, 0.2) is 0 Å². The number of carboxylic acids is 1. The van der Waals surface area contributed by atoms with Gasteiger partial charge < -0.3 is 9.84 Å². The summed E-state index contributed by atoms with van der Waals surface area (Å²) in [6, 6.07) is -1.22. The highest BCUT2D eigenvalue weighted by molar-refractivity contribution is 5.77. The number of ether oxygens (including phenoxy) is 1. The quantitative estimate of drug-likeness (QED) is 0.409. The number of carbonyl (C=O) groups is 3. The van der Waals surface area contributed by atoms with Crippen LogP contribution in [0.2, 0.25) is 0 Å². The predicted octanol–water partition coefficient (Wildman–Crippen LogP) is 0.581. The lowest BCUT2D eigenvalue weighted by Crippen LogP contribution is -2.44. The fourth-order valence-corrected chi connectivity index (χ4v) is 1.19. The van der Waals surface area contributed by atoms with E-state index in [4.69, 9.17) is 9.94 Å². The Morgan fingerprint density at radius 1 is 1.39 bits per heavy atom. The van der Waals surface area contributed by atoms with E-state index in [0.717, 1.165) is 0 Å². The first kappa shape index (κ1) is 16.4. The Kier molecular flexibility index (Phi) is 6.32. The number of carboxylic acid groups (broad SMARTS) is 1. The highest BCUT2D eigenvalue weighted by Gasteiger charge is 2.29. The molecule has 1 N–H and O–H groups in total. The molecule has 7 heteroatoms. The minimum atomic E-state index is -1.24. The highest BCUT2D eigenvalue weighted by atomic mass is 16.7.